The predicted molar refractivity (Wildman–Crippen MR) is 115 cm³/mol. The minimum Gasteiger partial charge on any atom is -0.273 e. The molecule has 2 saturated heterocycles. The molecule has 0 spiro atoms. The van der Waals surface area contributed by atoms with Gasteiger partial charge in [0.25, 0.3) is 5.91 Å². The van der Waals surface area contributed by atoms with E-state index < -0.39 is 18.1 Å². The Hall–Kier alpha value is -3.15. The molecule has 3 aromatic rings. The Bertz CT molecular complexity index is 1120. The van der Waals surface area contributed by atoms with Crippen molar-refractivity contribution in [3.8, 4) is 0 Å². The molecule has 2 heterocycles. The monoisotopic (exact) mass is 418 g/mol. The predicted octanol–water partition coefficient (Wildman–Crippen LogP) is 4.70. The SMILES string of the molecule is Cc1ccc(N2C(=O)[C@@H]3[C@H](ON(c4ccccc4)[C@@H]3c3cccc(Cl)c3)C2=O)cc1. The zero-order chi connectivity index (χ0) is 20.8. The molecule has 5 rings (SSSR count). The summed E-state index contributed by atoms with van der Waals surface area (Å²) in [5.74, 6) is -1.28. The van der Waals surface area contributed by atoms with Gasteiger partial charge in [-0.2, -0.15) is 0 Å². The molecule has 0 unspecified atom stereocenters. The third-order valence-electron chi connectivity index (χ3n) is 5.61. The number of para-hydroxylation sites is 1. The number of anilines is 2. The van der Waals surface area contributed by atoms with Crippen LogP contribution in [0.5, 0.6) is 0 Å². The molecule has 0 saturated carbocycles. The molecular weight excluding hydrogens is 400 g/mol. The van der Waals surface area contributed by atoms with Crippen molar-refractivity contribution in [3.05, 3.63) is 95.0 Å². The van der Waals surface area contributed by atoms with Crippen molar-refractivity contribution in [2.75, 3.05) is 9.96 Å². The first-order valence-electron chi connectivity index (χ1n) is 9.75. The van der Waals surface area contributed by atoms with Crippen LogP contribution in [0.4, 0.5) is 11.4 Å². The Morgan fingerprint density at radius 2 is 1.57 bits per heavy atom. The van der Waals surface area contributed by atoms with Gasteiger partial charge in [-0.25, -0.2) is 9.96 Å². The maximum atomic E-state index is 13.5. The highest BCUT2D eigenvalue weighted by molar-refractivity contribution is 6.30. The quantitative estimate of drug-likeness (QED) is 0.578. The molecule has 150 valence electrons. The highest BCUT2D eigenvalue weighted by Gasteiger charge is 2.60. The van der Waals surface area contributed by atoms with Crippen LogP contribution < -0.4 is 9.96 Å². The molecule has 0 aromatic heterocycles. The van der Waals surface area contributed by atoms with Gasteiger partial charge in [0.15, 0.2) is 6.10 Å². The van der Waals surface area contributed by atoms with Gasteiger partial charge in [0.1, 0.15) is 5.92 Å². The normalized spacial score (nSPS) is 23.2. The number of aryl methyl sites for hydroxylation is 1. The molecule has 3 atom stereocenters. The average molecular weight is 419 g/mol. The number of benzene rings is 3. The lowest BCUT2D eigenvalue weighted by Crippen LogP contribution is -2.37. The molecule has 3 aromatic carbocycles. The molecule has 6 heteroatoms. The topological polar surface area (TPSA) is 49.9 Å². The molecule has 2 aliphatic rings. The van der Waals surface area contributed by atoms with E-state index in [9.17, 15) is 9.59 Å². The third-order valence-corrected chi connectivity index (χ3v) is 5.84. The van der Waals surface area contributed by atoms with E-state index in [2.05, 4.69) is 0 Å². The summed E-state index contributed by atoms with van der Waals surface area (Å²) in [5.41, 5.74) is 3.22. The zero-order valence-electron chi connectivity index (χ0n) is 16.2. The molecule has 2 aliphatic heterocycles. The lowest BCUT2D eigenvalue weighted by atomic mass is 9.90. The second-order valence-electron chi connectivity index (χ2n) is 7.56. The fraction of sp³-hybridized carbons (Fsp3) is 0.167. The van der Waals surface area contributed by atoms with Crippen molar-refractivity contribution in [2.45, 2.75) is 19.1 Å². The van der Waals surface area contributed by atoms with Crippen LogP contribution in [-0.2, 0) is 14.4 Å². The van der Waals surface area contributed by atoms with Gasteiger partial charge in [-0.3, -0.25) is 14.4 Å². The first kappa shape index (κ1) is 18.9. The minimum absolute atomic E-state index is 0.266. The lowest BCUT2D eigenvalue weighted by molar-refractivity contribution is -0.126. The highest BCUT2D eigenvalue weighted by atomic mass is 35.5. The first-order valence-corrected chi connectivity index (χ1v) is 10.1. The van der Waals surface area contributed by atoms with Gasteiger partial charge < -0.3 is 0 Å². The smallest absolute Gasteiger partial charge is 0.266 e. The third kappa shape index (κ3) is 2.98. The molecule has 0 aliphatic carbocycles. The second-order valence-corrected chi connectivity index (χ2v) is 8.00. The van der Waals surface area contributed by atoms with Crippen molar-refractivity contribution in [3.63, 3.8) is 0 Å². The first-order chi connectivity index (χ1) is 14.5. The van der Waals surface area contributed by atoms with Crippen molar-refractivity contribution >= 4 is 34.8 Å². The van der Waals surface area contributed by atoms with E-state index in [1.807, 2.05) is 67.6 Å². The summed E-state index contributed by atoms with van der Waals surface area (Å²) in [6.07, 6.45) is -0.886. The second kappa shape index (κ2) is 7.27. The summed E-state index contributed by atoms with van der Waals surface area (Å²) >= 11 is 6.24. The summed E-state index contributed by atoms with van der Waals surface area (Å²) in [6, 6.07) is 23.7. The van der Waals surface area contributed by atoms with Crippen LogP contribution in [0, 0.1) is 12.8 Å². The van der Waals surface area contributed by atoms with Crippen molar-refractivity contribution in [1.29, 1.82) is 0 Å². The number of hydroxylamine groups is 1. The summed E-state index contributed by atoms with van der Waals surface area (Å²) < 4.78 is 0. The molecule has 2 fully saturated rings. The van der Waals surface area contributed by atoms with E-state index in [0.29, 0.717) is 10.7 Å². The Morgan fingerprint density at radius 3 is 2.27 bits per heavy atom. The van der Waals surface area contributed by atoms with Gasteiger partial charge in [0.05, 0.1) is 17.4 Å². The fourth-order valence-corrected chi connectivity index (χ4v) is 4.39. The maximum Gasteiger partial charge on any atom is 0.266 e. The van der Waals surface area contributed by atoms with Gasteiger partial charge in [0, 0.05) is 5.02 Å². The fourth-order valence-electron chi connectivity index (χ4n) is 4.19. The van der Waals surface area contributed by atoms with Crippen molar-refractivity contribution in [1.82, 2.24) is 0 Å². The van der Waals surface area contributed by atoms with Crippen LogP contribution in [0.25, 0.3) is 0 Å². The summed E-state index contributed by atoms with van der Waals surface area (Å²) in [5, 5.41) is 2.24. The van der Waals surface area contributed by atoms with Gasteiger partial charge >= 0.3 is 0 Å². The van der Waals surface area contributed by atoms with Gasteiger partial charge in [-0.15, -0.1) is 0 Å². The van der Waals surface area contributed by atoms with E-state index in [-0.39, 0.29) is 11.8 Å². The van der Waals surface area contributed by atoms with Gasteiger partial charge in [0.2, 0.25) is 5.91 Å². The standard InChI is InChI=1S/C24H19ClN2O3/c1-15-10-12-18(13-11-15)26-23(28)20-21(16-6-5-7-17(25)14-16)27(30-22(20)24(26)29)19-8-3-2-4-9-19/h2-14,20-22H,1H3/t20-,21+,22-/m0/s1. The number of amides is 2. The number of nitrogens with zero attached hydrogens (tertiary/aromatic N) is 2. The van der Waals surface area contributed by atoms with Crippen LogP contribution in [0.3, 0.4) is 0 Å². The van der Waals surface area contributed by atoms with Gasteiger partial charge in [-0.1, -0.05) is 59.6 Å². The van der Waals surface area contributed by atoms with E-state index in [1.165, 1.54) is 4.90 Å². The Morgan fingerprint density at radius 1 is 0.833 bits per heavy atom. The van der Waals surface area contributed by atoms with Gasteiger partial charge in [-0.05, 0) is 48.9 Å². The highest BCUT2D eigenvalue weighted by Crippen LogP contribution is 2.47. The number of imide groups is 1. The largest absolute Gasteiger partial charge is 0.273 e. The van der Waals surface area contributed by atoms with E-state index in [1.54, 1.807) is 23.3 Å². The Balaban J connectivity index is 1.59. The number of rotatable bonds is 3. The number of halogens is 1. The molecule has 0 bridgehead atoms. The van der Waals surface area contributed by atoms with E-state index >= 15 is 0 Å². The molecule has 30 heavy (non-hydrogen) atoms. The summed E-state index contributed by atoms with van der Waals surface area (Å²) in [6.45, 7) is 1.96. The van der Waals surface area contributed by atoms with Crippen LogP contribution in [0.1, 0.15) is 17.2 Å². The Kier molecular flexibility index (Phi) is 4.57. The van der Waals surface area contributed by atoms with Crippen molar-refractivity contribution < 1.29 is 14.4 Å². The summed E-state index contributed by atoms with van der Waals surface area (Å²) in [4.78, 5) is 34.1. The molecular formula is C24H19ClN2O3. The lowest BCUT2D eigenvalue weighted by Gasteiger charge is -2.28. The average Bonchev–Trinajstić information content (AvgIpc) is 3.26. The minimum atomic E-state index is -0.886. The maximum absolute atomic E-state index is 13.5. The molecule has 0 N–H and O–H groups in total. The Labute approximate surface area is 179 Å². The van der Waals surface area contributed by atoms with Crippen LogP contribution in [-0.4, -0.2) is 17.9 Å². The number of carbonyl (C=O) groups is 2. The number of carbonyl (C=O) groups excluding carboxylic acids is 2. The van der Waals surface area contributed by atoms with Crippen LogP contribution in [0.2, 0.25) is 5.02 Å². The van der Waals surface area contributed by atoms with Crippen LogP contribution >= 0.6 is 11.6 Å². The molecule has 0 radical (unpaired) electrons. The van der Waals surface area contributed by atoms with E-state index in [4.69, 9.17) is 16.4 Å². The van der Waals surface area contributed by atoms with Crippen LogP contribution in [0.15, 0.2) is 78.9 Å². The number of hydrogen-bond acceptors (Lipinski definition) is 4. The number of fused-ring (bicyclic) bond motifs is 1. The molecule has 2 amide bonds. The summed E-state index contributed by atoms with van der Waals surface area (Å²) in [7, 11) is 0. The molecule has 5 nitrogen and oxygen atoms in total. The number of hydrogen-bond donors (Lipinski definition) is 0. The zero-order valence-corrected chi connectivity index (χ0v) is 17.0. The van der Waals surface area contributed by atoms with E-state index in [0.717, 1.165) is 16.8 Å². The van der Waals surface area contributed by atoms with Crippen molar-refractivity contribution in [2.24, 2.45) is 5.92 Å².